The minimum Gasteiger partial charge on any atom is -0.469 e. The molecule has 4 heteroatoms. The third kappa shape index (κ3) is 2.27. The highest BCUT2D eigenvalue weighted by Gasteiger charge is 2.23. The highest BCUT2D eigenvalue weighted by atomic mass is 16.5. The van der Waals surface area contributed by atoms with Crippen molar-refractivity contribution in [2.24, 2.45) is 11.8 Å². The number of methoxy groups -OCH3 is 1. The molecule has 0 N–H and O–H groups in total. The third-order valence-electron chi connectivity index (χ3n) is 1.35. The van der Waals surface area contributed by atoms with Crippen LogP contribution in [0.3, 0.4) is 0 Å². The molecule has 0 saturated heterocycles. The van der Waals surface area contributed by atoms with E-state index < -0.39 is 17.8 Å². The number of ether oxygens (including phenoxy) is 1. The van der Waals surface area contributed by atoms with Crippen molar-refractivity contribution in [1.29, 1.82) is 10.5 Å². The summed E-state index contributed by atoms with van der Waals surface area (Å²) in [6.07, 6.45) is 0. The minimum absolute atomic E-state index is 0.530. The van der Waals surface area contributed by atoms with Crippen molar-refractivity contribution in [3.05, 3.63) is 0 Å². The van der Waals surface area contributed by atoms with Gasteiger partial charge in [-0.3, -0.25) is 4.79 Å². The molecular weight excluding hydrogens is 144 g/mol. The molecule has 0 aromatic rings. The molecule has 58 valence electrons. The van der Waals surface area contributed by atoms with Crippen molar-refractivity contribution in [2.45, 2.75) is 6.92 Å². The van der Waals surface area contributed by atoms with E-state index in [1.807, 2.05) is 0 Å². The Morgan fingerprint density at radius 1 is 1.45 bits per heavy atom. The monoisotopic (exact) mass is 152 g/mol. The molecule has 0 fully saturated rings. The van der Waals surface area contributed by atoms with Gasteiger partial charge >= 0.3 is 5.97 Å². The normalized spacial score (nSPS) is 11.4. The Morgan fingerprint density at radius 3 is 2.18 bits per heavy atom. The van der Waals surface area contributed by atoms with Gasteiger partial charge in [0.2, 0.25) is 0 Å². The summed E-state index contributed by atoms with van der Waals surface area (Å²) in [5.41, 5.74) is 0. The average Bonchev–Trinajstić information content (AvgIpc) is 2.05. The summed E-state index contributed by atoms with van der Waals surface area (Å²) in [5.74, 6) is -2.12. The second-order valence-corrected chi connectivity index (χ2v) is 2.05. The standard InChI is InChI=1S/C7H8N2O2/c1-5(7(10)11-2)6(3-8)4-9/h5-6H,1-2H3. The molecule has 11 heavy (non-hydrogen) atoms. The molecule has 0 heterocycles. The number of rotatable bonds is 2. The SMILES string of the molecule is COC(=O)C(C)C(C#N)C#N. The molecule has 0 aliphatic heterocycles. The lowest BCUT2D eigenvalue weighted by molar-refractivity contribution is -0.145. The van der Waals surface area contributed by atoms with E-state index in [1.165, 1.54) is 14.0 Å². The Balaban J connectivity index is 4.26. The van der Waals surface area contributed by atoms with Crippen LogP contribution in [-0.2, 0) is 9.53 Å². The van der Waals surface area contributed by atoms with Crippen LogP contribution in [0.4, 0.5) is 0 Å². The van der Waals surface area contributed by atoms with E-state index in [4.69, 9.17) is 10.5 Å². The highest BCUT2D eigenvalue weighted by molar-refractivity contribution is 5.73. The molecule has 0 bridgehead atoms. The summed E-state index contributed by atoms with van der Waals surface area (Å²) in [6.45, 7) is 1.49. The van der Waals surface area contributed by atoms with Crippen molar-refractivity contribution in [1.82, 2.24) is 0 Å². The molecule has 0 saturated carbocycles. The van der Waals surface area contributed by atoms with Crippen LogP contribution in [0.2, 0.25) is 0 Å². The Kier molecular flexibility index (Phi) is 3.69. The lowest BCUT2D eigenvalue weighted by atomic mass is 9.97. The van der Waals surface area contributed by atoms with Crippen LogP contribution in [0.15, 0.2) is 0 Å². The zero-order valence-corrected chi connectivity index (χ0v) is 6.37. The Hall–Kier alpha value is -1.55. The van der Waals surface area contributed by atoms with Crippen molar-refractivity contribution < 1.29 is 9.53 Å². The molecule has 0 radical (unpaired) electrons. The summed E-state index contributed by atoms with van der Waals surface area (Å²) in [7, 11) is 1.23. The predicted molar refractivity (Wildman–Crippen MR) is 35.9 cm³/mol. The number of hydrogen-bond donors (Lipinski definition) is 0. The molecule has 4 nitrogen and oxygen atoms in total. The summed E-state index contributed by atoms with van der Waals surface area (Å²) in [4.78, 5) is 10.7. The second-order valence-electron chi connectivity index (χ2n) is 2.05. The van der Waals surface area contributed by atoms with Gasteiger partial charge < -0.3 is 4.74 Å². The quantitative estimate of drug-likeness (QED) is 0.538. The van der Waals surface area contributed by atoms with Crippen LogP contribution in [0, 0.1) is 34.5 Å². The van der Waals surface area contributed by atoms with E-state index in [0.717, 1.165) is 0 Å². The molecule has 1 atom stereocenters. The van der Waals surface area contributed by atoms with E-state index >= 15 is 0 Å². The smallest absolute Gasteiger partial charge is 0.310 e. The first-order chi connectivity index (χ1) is 5.17. The van der Waals surface area contributed by atoms with E-state index in [0.29, 0.717) is 0 Å². The van der Waals surface area contributed by atoms with Gasteiger partial charge in [0.05, 0.1) is 25.2 Å². The fourth-order valence-corrected chi connectivity index (χ4v) is 0.574. The molecule has 0 spiro atoms. The fraction of sp³-hybridized carbons (Fsp3) is 0.571. The van der Waals surface area contributed by atoms with Crippen LogP contribution >= 0.6 is 0 Å². The van der Waals surface area contributed by atoms with Gasteiger partial charge in [-0.1, -0.05) is 0 Å². The molecule has 1 unspecified atom stereocenters. The van der Waals surface area contributed by atoms with Gasteiger partial charge in [-0.25, -0.2) is 0 Å². The average molecular weight is 152 g/mol. The van der Waals surface area contributed by atoms with E-state index in [1.54, 1.807) is 12.1 Å². The topological polar surface area (TPSA) is 73.9 Å². The Labute approximate surface area is 65.0 Å². The van der Waals surface area contributed by atoms with Gasteiger partial charge in [0.25, 0.3) is 0 Å². The molecule has 0 aromatic carbocycles. The van der Waals surface area contributed by atoms with Crippen LogP contribution in [-0.4, -0.2) is 13.1 Å². The molecule has 0 aliphatic rings. The molecular formula is C7H8N2O2. The number of hydrogen-bond acceptors (Lipinski definition) is 4. The first-order valence-corrected chi connectivity index (χ1v) is 3.04. The van der Waals surface area contributed by atoms with Crippen molar-refractivity contribution in [2.75, 3.05) is 7.11 Å². The fourth-order valence-electron chi connectivity index (χ4n) is 0.574. The van der Waals surface area contributed by atoms with Crippen LogP contribution in [0.5, 0.6) is 0 Å². The Bertz CT molecular complexity index is 210. The summed E-state index contributed by atoms with van der Waals surface area (Å²) < 4.78 is 4.36. The Morgan fingerprint density at radius 2 is 1.91 bits per heavy atom. The predicted octanol–water partition coefficient (Wildman–Crippen LogP) is 0.459. The lowest BCUT2D eigenvalue weighted by Gasteiger charge is -2.07. The first kappa shape index (κ1) is 9.45. The zero-order chi connectivity index (χ0) is 8.85. The van der Waals surface area contributed by atoms with Crippen molar-refractivity contribution >= 4 is 5.97 Å². The number of carbonyl (C=O) groups is 1. The van der Waals surface area contributed by atoms with Gasteiger partial charge in [-0.15, -0.1) is 0 Å². The van der Waals surface area contributed by atoms with Gasteiger partial charge in [0.15, 0.2) is 0 Å². The number of carbonyl (C=O) groups excluding carboxylic acids is 1. The highest BCUT2D eigenvalue weighted by Crippen LogP contribution is 2.10. The van der Waals surface area contributed by atoms with E-state index in [2.05, 4.69) is 4.74 Å². The maximum atomic E-state index is 10.7. The summed E-state index contributed by atoms with van der Waals surface area (Å²) in [5, 5.41) is 16.7. The largest absolute Gasteiger partial charge is 0.469 e. The summed E-state index contributed by atoms with van der Waals surface area (Å²) in [6, 6.07) is 3.41. The van der Waals surface area contributed by atoms with Crippen LogP contribution in [0.1, 0.15) is 6.92 Å². The van der Waals surface area contributed by atoms with Crippen LogP contribution in [0.25, 0.3) is 0 Å². The van der Waals surface area contributed by atoms with Gasteiger partial charge in [-0.2, -0.15) is 10.5 Å². The van der Waals surface area contributed by atoms with Gasteiger partial charge in [0, 0.05) is 0 Å². The van der Waals surface area contributed by atoms with Crippen molar-refractivity contribution in [3.8, 4) is 12.1 Å². The number of esters is 1. The molecule has 0 aromatic heterocycles. The maximum absolute atomic E-state index is 10.7. The number of nitrogens with zero attached hydrogens (tertiary/aromatic N) is 2. The summed E-state index contributed by atoms with van der Waals surface area (Å²) >= 11 is 0. The van der Waals surface area contributed by atoms with Gasteiger partial charge in [0.1, 0.15) is 5.92 Å². The van der Waals surface area contributed by atoms with Crippen LogP contribution < -0.4 is 0 Å². The van der Waals surface area contributed by atoms with E-state index in [-0.39, 0.29) is 0 Å². The maximum Gasteiger partial charge on any atom is 0.310 e. The van der Waals surface area contributed by atoms with Gasteiger partial charge in [-0.05, 0) is 6.92 Å². The lowest BCUT2D eigenvalue weighted by Crippen LogP contribution is -2.19. The minimum atomic E-state index is -0.914. The zero-order valence-electron chi connectivity index (χ0n) is 6.37. The molecule has 0 amide bonds. The van der Waals surface area contributed by atoms with E-state index in [9.17, 15) is 4.79 Å². The van der Waals surface area contributed by atoms with Crippen molar-refractivity contribution in [3.63, 3.8) is 0 Å². The molecule has 0 aliphatic carbocycles. The third-order valence-corrected chi connectivity index (χ3v) is 1.35. The first-order valence-electron chi connectivity index (χ1n) is 3.04. The second kappa shape index (κ2) is 4.29. The molecule has 0 rings (SSSR count). The number of nitriles is 2.